The van der Waals surface area contributed by atoms with Gasteiger partial charge in [-0.15, -0.1) is 0 Å². The molecule has 1 aliphatic rings. The summed E-state index contributed by atoms with van der Waals surface area (Å²) in [7, 11) is -3.07. The fraction of sp³-hybridized carbons (Fsp3) is 0.900. The van der Waals surface area contributed by atoms with Crippen LogP contribution in [0.1, 0.15) is 32.1 Å². The molecule has 5 nitrogen and oxygen atoms in total. The third-order valence-electron chi connectivity index (χ3n) is 2.77. The normalized spacial score (nSPS) is 19.2. The van der Waals surface area contributed by atoms with Crippen LogP contribution in [-0.2, 0) is 10.0 Å². The van der Waals surface area contributed by atoms with Crippen molar-refractivity contribution >= 4 is 15.9 Å². The lowest BCUT2D eigenvalue weighted by Gasteiger charge is -2.07. The molecule has 0 aromatic heterocycles. The molecule has 0 amide bonds. The molecule has 1 fully saturated rings. The highest BCUT2D eigenvalue weighted by Crippen LogP contribution is 2.24. The van der Waals surface area contributed by atoms with Crippen LogP contribution in [0.4, 0.5) is 0 Å². The average Bonchev–Trinajstić information content (AvgIpc) is 2.67. The number of amidine groups is 1. The van der Waals surface area contributed by atoms with Gasteiger partial charge < -0.3 is 5.73 Å². The molecule has 3 N–H and O–H groups in total. The van der Waals surface area contributed by atoms with E-state index in [0.717, 1.165) is 24.9 Å². The molecule has 0 aromatic rings. The highest BCUT2D eigenvalue weighted by Gasteiger charge is 2.17. The van der Waals surface area contributed by atoms with E-state index < -0.39 is 10.0 Å². The molecule has 0 radical (unpaired) electrons. The number of nitrogens with two attached hydrogens (primary N) is 1. The first-order chi connectivity index (χ1) is 7.49. The summed E-state index contributed by atoms with van der Waals surface area (Å²) >= 11 is 0. The Morgan fingerprint density at radius 1 is 1.44 bits per heavy atom. The van der Waals surface area contributed by atoms with Gasteiger partial charge in [-0.25, -0.2) is 13.1 Å². The van der Waals surface area contributed by atoms with Crippen LogP contribution in [0.2, 0.25) is 0 Å². The van der Waals surface area contributed by atoms with E-state index in [2.05, 4.69) is 9.71 Å². The molecule has 0 heterocycles. The van der Waals surface area contributed by atoms with Crippen molar-refractivity contribution in [1.82, 2.24) is 4.72 Å². The summed E-state index contributed by atoms with van der Waals surface area (Å²) in [4.78, 5) is 4.29. The quantitative estimate of drug-likeness (QED) is 0.406. The number of aliphatic imine (C=N–C) groups is 1. The molecule has 0 bridgehead atoms. The van der Waals surface area contributed by atoms with Gasteiger partial charge in [0, 0.05) is 19.0 Å². The van der Waals surface area contributed by atoms with E-state index in [0.29, 0.717) is 25.4 Å². The van der Waals surface area contributed by atoms with Crippen molar-refractivity contribution in [2.24, 2.45) is 16.6 Å². The highest BCUT2D eigenvalue weighted by atomic mass is 32.2. The van der Waals surface area contributed by atoms with Gasteiger partial charge in [0.15, 0.2) is 0 Å². The van der Waals surface area contributed by atoms with E-state index >= 15 is 0 Å². The molecule has 1 saturated carbocycles. The maximum atomic E-state index is 10.8. The van der Waals surface area contributed by atoms with Crippen LogP contribution >= 0.6 is 0 Å². The van der Waals surface area contributed by atoms with Gasteiger partial charge in [0.05, 0.1) is 12.1 Å². The Morgan fingerprint density at radius 2 is 2.06 bits per heavy atom. The first-order valence-electron chi connectivity index (χ1n) is 5.73. The summed E-state index contributed by atoms with van der Waals surface area (Å²) in [6, 6.07) is 0. The van der Waals surface area contributed by atoms with Crippen LogP contribution in [0.25, 0.3) is 0 Å². The van der Waals surface area contributed by atoms with Crippen molar-refractivity contribution in [3.05, 3.63) is 0 Å². The zero-order valence-electron chi connectivity index (χ0n) is 9.78. The summed E-state index contributed by atoms with van der Waals surface area (Å²) in [5.74, 6) is 1.21. The van der Waals surface area contributed by atoms with Crippen LogP contribution in [0.3, 0.4) is 0 Å². The number of hydrogen-bond acceptors (Lipinski definition) is 3. The van der Waals surface area contributed by atoms with Gasteiger partial charge in [-0.1, -0.05) is 12.8 Å². The zero-order chi connectivity index (χ0) is 12.0. The molecule has 0 unspecified atom stereocenters. The summed E-state index contributed by atoms with van der Waals surface area (Å²) < 4.78 is 24.0. The zero-order valence-corrected chi connectivity index (χ0v) is 10.6. The summed E-state index contributed by atoms with van der Waals surface area (Å²) in [6.45, 7) is 1.03. The number of nitrogens with one attached hydrogen (secondary N) is 1. The third-order valence-corrected chi connectivity index (χ3v) is 3.50. The fourth-order valence-corrected chi connectivity index (χ4v) is 2.41. The van der Waals surface area contributed by atoms with Gasteiger partial charge in [-0.3, -0.25) is 4.99 Å². The molecule has 0 aromatic carbocycles. The monoisotopic (exact) mass is 247 g/mol. The Balaban J connectivity index is 2.16. The van der Waals surface area contributed by atoms with Gasteiger partial charge in [0.25, 0.3) is 0 Å². The van der Waals surface area contributed by atoms with E-state index in [9.17, 15) is 8.42 Å². The predicted molar refractivity (Wildman–Crippen MR) is 65.9 cm³/mol. The van der Waals surface area contributed by atoms with Crippen molar-refractivity contribution in [2.75, 3.05) is 19.3 Å². The second-order valence-electron chi connectivity index (χ2n) is 4.31. The molecular weight excluding hydrogens is 226 g/mol. The van der Waals surface area contributed by atoms with E-state index in [1.165, 1.54) is 12.8 Å². The van der Waals surface area contributed by atoms with Crippen molar-refractivity contribution in [1.29, 1.82) is 0 Å². The van der Waals surface area contributed by atoms with Crippen LogP contribution < -0.4 is 10.5 Å². The Hall–Kier alpha value is -0.620. The predicted octanol–water partition coefficient (Wildman–Crippen LogP) is 0.473. The number of hydrogen-bond donors (Lipinski definition) is 2. The molecular formula is C10H21N3O2S. The molecule has 0 spiro atoms. The highest BCUT2D eigenvalue weighted by molar-refractivity contribution is 7.88. The van der Waals surface area contributed by atoms with Gasteiger partial charge in [0.2, 0.25) is 10.0 Å². The third kappa shape index (κ3) is 5.46. The summed E-state index contributed by atoms with van der Waals surface area (Å²) in [5.41, 5.74) is 5.86. The number of rotatable bonds is 6. The van der Waals surface area contributed by atoms with Gasteiger partial charge in [-0.05, 0) is 19.3 Å². The van der Waals surface area contributed by atoms with Crippen LogP contribution in [0.15, 0.2) is 4.99 Å². The Kier molecular flexibility index (Phi) is 5.21. The average molecular weight is 247 g/mol. The van der Waals surface area contributed by atoms with E-state index in [1.807, 2.05) is 0 Å². The summed E-state index contributed by atoms with van der Waals surface area (Å²) in [5, 5.41) is 0. The lowest BCUT2D eigenvalue weighted by Crippen LogP contribution is -2.24. The van der Waals surface area contributed by atoms with Gasteiger partial charge >= 0.3 is 0 Å². The fourth-order valence-electron chi connectivity index (χ4n) is 1.90. The molecule has 0 saturated heterocycles. The Morgan fingerprint density at radius 3 is 2.62 bits per heavy atom. The van der Waals surface area contributed by atoms with Crippen molar-refractivity contribution < 1.29 is 8.42 Å². The number of nitrogens with zero attached hydrogens (tertiary/aromatic N) is 1. The number of sulfonamides is 1. The van der Waals surface area contributed by atoms with E-state index in [-0.39, 0.29) is 0 Å². The summed E-state index contributed by atoms with van der Waals surface area (Å²) in [6.07, 6.45) is 6.64. The lowest BCUT2D eigenvalue weighted by molar-refractivity contribution is 0.585. The molecule has 0 aliphatic heterocycles. The Labute approximate surface area is 97.6 Å². The molecule has 0 atom stereocenters. The maximum absolute atomic E-state index is 10.8. The van der Waals surface area contributed by atoms with E-state index in [4.69, 9.17) is 5.73 Å². The van der Waals surface area contributed by atoms with Crippen LogP contribution in [-0.4, -0.2) is 33.6 Å². The molecule has 1 aliphatic carbocycles. The minimum atomic E-state index is -3.07. The first kappa shape index (κ1) is 13.4. The van der Waals surface area contributed by atoms with Crippen LogP contribution in [0.5, 0.6) is 0 Å². The van der Waals surface area contributed by atoms with E-state index in [1.54, 1.807) is 0 Å². The first-order valence-corrected chi connectivity index (χ1v) is 7.62. The standard InChI is InChI=1S/C10H21N3O2S/c1-16(14,15)13-8-4-7-12-10(11)9-5-2-3-6-9/h9,13H,2-8H2,1H3,(H2,11,12). The SMILES string of the molecule is CS(=O)(=O)NCCCN=C(N)C1CCCC1. The van der Waals surface area contributed by atoms with Gasteiger partial charge in [0.1, 0.15) is 0 Å². The largest absolute Gasteiger partial charge is 0.387 e. The molecule has 6 heteroatoms. The Bertz CT molecular complexity index is 332. The molecule has 16 heavy (non-hydrogen) atoms. The second kappa shape index (κ2) is 6.20. The van der Waals surface area contributed by atoms with Crippen molar-refractivity contribution in [2.45, 2.75) is 32.1 Å². The van der Waals surface area contributed by atoms with Crippen LogP contribution in [0, 0.1) is 5.92 Å². The second-order valence-corrected chi connectivity index (χ2v) is 6.14. The lowest BCUT2D eigenvalue weighted by atomic mass is 10.1. The van der Waals surface area contributed by atoms with Crippen molar-refractivity contribution in [3.8, 4) is 0 Å². The van der Waals surface area contributed by atoms with Gasteiger partial charge in [-0.2, -0.15) is 0 Å². The molecule has 1 rings (SSSR count). The smallest absolute Gasteiger partial charge is 0.208 e. The minimum Gasteiger partial charge on any atom is -0.387 e. The van der Waals surface area contributed by atoms with Crippen molar-refractivity contribution in [3.63, 3.8) is 0 Å². The topological polar surface area (TPSA) is 84.5 Å². The maximum Gasteiger partial charge on any atom is 0.208 e. The molecule has 94 valence electrons. The minimum absolute atomic E-state index is 0.431.